The maximum atomic E-state index is 11.2. The highest BCUT2D eigenvalue weighted by molar-refractivity contribution is 7.32. The van der Waals surface area contributed by atoms with E-state index in [1.165, 1.54) is 17.1 Å². The van der Waals surface area contributed by atoms with Crippen molar-refractivity contribution in [3.8, 4) is 0 Å². The Morgan fingerprint density at radius 3 is 2.50 bits per heavy atom. The van der Waals surface area contributed by atoms with E-state index in [1.807, 2.05) is 0 Å². The lowest BCUT2D eigenvalue weighted by molar-refractivity contribution is -0.124. The van der Waals surface area contributed by atoms with Crippen molar-refractivity contribution in [1.29, 1.82) is 0 Å². The number of carbonyl (C=O) groups excluding carboxylic acids is 1. The number of allylic oxidation sites excluding steroid dienone is 2. The summed E-state index contributed by atoms with van der Waals surface area (Å²) in [6.07, 6.45) is 3.95. The molecule has 6 heteroatoms. The Morgan fingerprint density at radius 1 is 1.50 bits per heavy atom. The van der Waals surface area contributed by atoms with Gasteiger partial charge >= 0.3 is 8.25 Å². The van der Waals surface area contributed by atoms with E-state index in [0.29, 0.717) is 5.57 Å². The van der Waals surface area contributed by atoms with E-state index in [1.54, 1.807) is 21.0 Å². The summed E-state index contributed by atoms with van der Waals surface area (Å²) in [5, 5.41) is 0. The molecular weight excluding hydrogens is 205 g/mol. The monoisotopic (exact) mass is 218 g/mol. The number of hydrogen-bond donors (Lipinski definition) is 1. The Morgan fingerprint density at radius 2 is 2.07 bits per heavy atom. The fourth-order valence-corrected chi connectivity index (χ4v) is 0.869. The van der Waals surface area contributed by atoms with Gasteiger partial charge in [-0.2, -0.15) is 0 Å². The van der Waals surface area contributed by atoms with Crippen molar-refractivity contribution in [3.05, 3.63) is 24.0 Å². The maximum absolute atomic E-state index is 11.2. The largest absolute Gasteiger partial charge is 0.746 e. The second-order valence-corrected chi connectivity index (χ2v) is 3.41. The highest BCUT2D eigenvalue weighted by atomic mass is 31.1. The number of hydrogen-bond acceptors (Lipinski definition) is 3. The molecule has 0 aromatic rings. The summed E-state index contributed by atoms with van der Waals surface area (Å²) in [7, 11) is 0.666. The van der Waals surface area contributed by atoms with Crippen LogP contribution in [0.3, 0.4) is 0 Å². The second-order valence-electron chi connectivity index (χ2n) is 2.72. The lowest BCUT2D eigenvalue weighted by Crippen LogP contribution is -2.22. The van der Waals surface area contributed by atoms with Crippen molar-refractivity contribution in [2.24, 2.45) is 0 Å². The average Bonchev–Trinajstić information content (AvgIpc) is 2.10. The third-order valence-electron chi connectivity index (χ3n) is 1.32. The smallest absolute Gasteiger partial charge is 0.345 e. The minimum Gasteiger partial charge on any atom is -0.345 e. The first-order valence-corrected chi connectivity index (χ1v) is 4.96. The molecule has 1 atom stereocenters. The van der Waals surface area contributed by atoms with Crippen molar-refractivity contribution < 1.29 is 18.8 Å². The molecule has 0 rings (SSSR count). The Hall–Kier alpha value is -1.19. The Bertz CT molecular complexity index is 283. The van der Waals surface area contributed by atoms with Crippen molar-refractivity contribution >= 4 is 14.2 Å². The molecule has 0 spiro atoms. The van der Waals surface area contributed by atoms with E-state index in [9.17, 15) is 9.36 Å². The number of amides is 1. The highest BCUT2D eigenvalue weighted by Gasteiger charge is 2.07. The summed E-state index contributed by atoms with van der Waals surface area (Å²) < 4.78 is 14.3. The molecule has 0 aromatic heterocycles. The van der Waals surface area contributed by atoms with Gasteiger partial charge in [0, 0.05) is 24.2 Å². The number of likely N-dealkylation sites (N-methyl/N-ethyl adjacent to an activating group) is 1. The number of carbonyl (C=O) groups is 1. The molecule has 0 aliphatic heterocycles. The van der Waals surface area contributed by atoms with Crippen LogP contribution in [-0.2, 0) is 13.9 Å². The van der Waals surface area contributed by atoms with E-state index >= 15 is 0 Å². The van der Waals surface area contributed by atoms with Crippen molar-refractivity contribution in [2.45, 2.75) is 6.92 Å². The summed E-state index contributed by atoms with van der Waals surface area (Å²) in [6.45, 7) is 1.64. The fourth-order valence-electron chi connectivity index (χ4n) is 0.695. The van der Waals surface area contributed by atoms with Crippen LogP contribution in [0, 0.1) is 0 Å². The summed E-state index contributed by atoms with van der Waals surface area (Å²) in [5.74, 6) is -0.122. The quantitative estimate of drug-likeness (QED) is 0.333. The van der Waals surface area contributed by atoms with Gasteiger partial charge in [-0.25, -0.2) is 4.52 Å². The molecule has 0 saturated heterocycles. The zero-order chi connectivity index (χ0) is 11.1. The molecule has 0 aliphatic rings. The van der Waals surface area contributed by atoms with E-state index < -0.39 is 8.25 Å². The first kappa shape index (κ1) is 12.8. The standard InChI is InChI=1S/C8H12NO4P/c1-7(8(10)9(2)3)5-4-6-13-14(11)12/h4-6H,1-3H3/p+1/b6-4+,7-5-. The van der Waals surface area contributed by atoms with Crippen LogP contribution in [0.15, 0.2) is 24.0 Å². The molecular formula is C8H13NO4P+. The van der Waals surface area contributed by atoms with Gasteiger partial charge in [0.15, 0.2) is 6.26 Å². The topological polar surface area (TPSA) is 66.8 Å². The molecule has 0 saturated carbocycles. The Balaban J connectivity index is 4.18. The predicted molar refractivity (Wildman–Crippen MR) is 52.5 cm³/mol. The zero-order valence-corrected chi connectivity index (χ0v) is 9.19. The number of nitrogens with zero attached hydrogens (tertiary/aromatic N) is 1. The SMILES string of the molecule is C/C(=C/C=C/O[P+](=O)O)C(=O)N(C)C. The third-order valence-corrected chi connectivity index (χ3v) is 1.62. The molecule has 1 N–H and O–H groups in total. The van der Waals surface area contributed by atoms with E-state index in [2.05, 4.69) is 4.52 Å². The van der Waals surface area contributed by atoms with Crippen LogP contribution in [0.5, 0.6) is 0 Å². The molecule has 0 aromatic carbocycles. The van der Waals surface area contributed by atoms with Crippen LogP contribution >= 0.6 is 8.25 Å². The molecule has 0 radical (unpaired) electrons. The van der Waals surface area contributed by atoms with Gasteiger partial charge in [-0.15, -0.1) is 4.89 Å². The molecule has 0 heterocycles. The van der Waals surface area contributed by atoms with Gasteiger partial charge in [-0.05, 0) is 13.0 Å². The van der Waals surface area contributed by atoms with Crippen LogP contribution < -0.4 is 0 Å². The van der Waals surface area contributed by atoms with E-state index in [4.69, 9.17) is 4.89 Å². The van der Waals surface area contributed by atoms with Gasteiger partial charge in [0.1, 0.15) is 0 Å². The maximum Gasteiger partial charge on any atom is 0.746 e. The highest BCUT2D eigenvalue weighted by Crippen LogP contribution is 2.14. The van der Waals surface area contributed by atoms with Gasteiger partial charge in [0.2, 0.25) is 5.91 Å². The number of rotatable bonds is 4. The van der Waals surface area contributed by atoms with Crippen molar-refractivity contribution in [2.75, 3.05) is 14.1 Å². The fraction of sp³-hybridized carbons (Fsp3) is 0.375. The predicted octanol–water partition coefficient (Wildman–Crippen LogP) is 1.20. The van der Waals surface area contributed by atoms with Crippen LogP contribution in [-0.4, -0.2) is 29.8 Å². The normalized spacial score (nSPS) is 12.9. The lowest BCUT2D eigenvalue weighted by atomic mass is 10.2. The van der Waals surface area contributed by atoms with Crippen LogP contribution in [0.1, 0.15) is 6.92 Å². The van der Waals surface area contributed by atoms with Gasteiger partial charge < -0.3 is 4.90 Å². The van der Waals surface area contributed by atoms with Gasteiger partial charge in [0.05, 0.1) is 0 Å². The third kappa shape index (κ3) is 5.45. The van der Waals surface area contributed by atoms with Crippen LogP contribution in [0.25, 0.3) is 0 Å². The molecule has 0 fully saturated rings. The zero-order valence-electron chi connectivity index (χ0n) is 8.30. The molecule has 1 unspecified atom stereocenters. The summed E-state index contributed by atoms with van der Waals surface area (Å²) in [5.41, 5.74) is 0.517. The molecule has 14 heavy (non-hydrogen) atoms. The van der Waals surface area contributed by atoms with Crippen LogP contribution in [0.2, 0.25) is 0 Å². The van der Waals surface area contributed by atoms with Gasteiger partial charge in [-0.1, -0.05) is 6.08 Å². The Labute approximate surface area is 83.6 Å². The molecule has 0 aliphatic carbocycles. The van der Waals surface area contributed by atoms with E-state index in [-0.39, 0.29) is 5.91 Å². The summed E-state index contributed by atoms with van der Waals surface area (Å²) >= 11 is 0. The van der Waals surface area contributed by atoms with Crippen LogP contribution in [0.4, 0.5) is 0 Å². The first-order chi connectivity index (χ1) is 6.45. The lowest BCUT2D eigenvalue weighted by Gasteiger charge is -2.08. The molecule has 0 bridgehead atoms. The minimum atomic E-state index is -2.62. The Kier molecular flexibility index (Phi) is 5.76. The molecule has 5 nitrogen and oxygen atoms in total. The van der Waals surface area contributed by atoms with Crippen molar-refractivity contribution in [1.82, 2.24) is 4.90 Å². The van der Waals surface area contributed by atoms with E-state index in [0.717, 1.165) is 6.26 Å². The first-order valence-electron chi connectivity index (χ1n) is 3.83. The second kappa shape index (κ2) is 6.29. The average molecular weight is 218 g/mol. The van der Waals surface area contributed by atoms with Gasteiger partial charge in [0.25, 0.3) is 0 Å². The summed E-state index contributed by atoms with van der Waals surface area (Å²) in [6, 6.07) is 0. The molecule has 1 amide bonds. The van der Waals surface area contributed by atoms with Crippen molar-refractivity contribution in [3.63, 3.8) is 0 Å². The summed E-state index contributed by atoms with van der Waals surface area (Å²) in [4.78, 5) is 20.9. The van der Waals surface area contributed by atoms with Gasteiger partial charge in [-0.3, -0.25) is 4.79 Å². The molecule has 78 valence electrons. The minimum absolute atomic E-state index is 0.122.